The summed E-state index contributed by atoms with van der Waals surface area (Å²) in [5.74, 6) is -0.0579. The van der Waals surface area contributed by atoms with Gasteiger partial charge in [0.05, 0.1) is 13.2 Å². The van der Waals surface area contributed by atoms with E-state index in [0.717, 1.165) is 26.1 Å². The summed E-state index contributed by atoms with van der Waals surface area (Å²) < 4.78 is 7.36. The fraction of sp³-hybridized carbons (Fsp3) is 0.429. The molecule has 1 aromatic heterocycles. The number of aryl methyl sites for hydroxylation is 1. The molecular formula is C28H34N4O3. The van der Waals surface area contributed by atoms with Crippen LogP contribution in [0.1, 0.15) is 24.0 Å². The van der Waals surface area contributed by atoms with Crippen molar-refractivity contribution in [2.24, 2.45) is 7.05 Å². The number of amides is 3. The lowest BCUT2D eigenvalue weighted by atomic mass is 9.85. The second kappa shape index (κ2) is 9.84. The molecule has 2 aromatic carbocycles. The van der Waals surface area contributed by atoms with Crippen molar-refractivity contribution >= 4 is 22.8 Å². The van der Waals surface area contributed by atoms with Gasteiger partial charge in [0.25, 0.3) is 5.91 Å². The fourth-order valence-corrected chi connectivity index (χ4v) is 5.71. The maximum Gasteiger partial charge on any atom is 0.327 e. The Kier molecular flexibility index (Phi) is 6.62. The summed E-state index contributed by atoms with van der Waals surface area (Å²) >= 11 is 0. The van der Waals surface area contributed by atoms with Gasteiger partial charge in [-0.1, -0.05) is 48.5 Å². The standard InChI is InChI=1S/C28H34N4O3/c1-29-20-23(24-10-6-7-11-25(24)29)21-30-16-13-28(14-17-30)26(33)31(18-19-35-2)27(34)32(28)15-12-22-8-4-3-5-9-22/h3-11,20H,12-19,21H2,1-2H3. The van der Waals surface area contributed by atoms with Crippen molar-refractivity contribution in [3.8, 4) is 0 Å². The number of piperidine rings is 1. The monoisotopic (exact) mass is 474 g/mol. The Morgan fingerprint density at radius 3 is 2.40 bits per heavy atom. The van der Waals surface area contributed by atoms with Crippen molar-refractivity contribution in [3.05, 3.63) is 71.9 Å². The molecule has 0 radical (unpaired) electrons. The van der Waals surface area contributed by atoms with E-state index in [4.69, 9.17) is 4.74 Å². The number of benzene rings is 2. The number of fused-ring (bicyclic) bond motifs is 1. The van der Waals surface area contributed by atoms with Crippen LogP contribution in [-0.2, 0) is 29.5 Å². The lowest BCUT2D eigenvalue weighted by molar-refractivity contribution is -0.136. The van der Waals surface area contributed by atoms with Crippen molar-refractivity contribution in [3.63, 3.8) is 0 Å². The molecule has 0 bridgehead atoms. The third-order valence-corrected chi connectivity index (χ3v) is 7.66. The van der Waals surface area contributed by atoms with E-state index >= 15 is 0 Å². The Balaban J connectivity index is 1.33. The summed E-state index contributed by atoms with van der Waals surface area (Å²) in [7, 11) is 3.68. The molecule has 0 unspecified atom stereocenters. The molecular weight excluding hydrogens is 440 g/mol. The largest absolute Gasteiger partial charge is 0.383 e. The van der Waals surface area contributed by atoms with Crippen molar-refractivity contribution < 1.29 is 14.3 Å². The normalized spacial score (nSPS) is 18.3. The molecule has 0 saturated carbocycles. The van der Waals surface area contributed by atoms with E-state index < -0.39 is 5.54 Å². The highest BCUT2D eigenvalue weighted by Crippen LogP contribution is 2.38. The van der Waals surface area contributed by atoms with Crippen LogP contribution in [0.5, 0.6) is 0 Å². The fourth-order valence-electron chi connectivity index (χ4n) is 5.71. The van der Waals surface area contributed by atoms with Gasteiger partial charge in [0.15, 0.2) is 0 Å². The van der Waals surface area contributed by atoms with Gasteiger partial charge in [-0.3, -0.25) is 14.6 Å². The zero-order valence-electron chi connectivity index (χ0n) is 20.7. The van der Waals surface area contributed by atoms with E-state index in [-0.39, 0.29) is 11.9 Å². The molecule has 184 valence electrons. The number of carbonyl (C=O) groups excluding carboxylic acids is 2. The molecule has 35 heavy (non-hydrogen) atoms. The van der Waals surface area contributed by atoms with E-state index in [0.29, 0.717) is 32.5 Å². The maximum atomic E-state index is 13.6. The van der Waals surface area contributed by atoms with Gasteiger partial charge in [0.2, 0.25) is 0 Å². The average molecular weight is 475 g/mol. The predicted octanol–water partition coefficient (Wildman–Crippen LogP) is 3.67. The summed E-state index contributed by atoms with van der Waals surface area (Å²) in [4.78, 5) is 32.7. The number of imide groups is 1. The van der Waals surface area contributed by atoms with Crippen molar-refractivity contribution in [2.45, 2.75) is 31.3 Å². The zero-order valence-corrected chi connectivity index (χ0v) is 20.7. The molecule has 0 N–H and O–H groups in total. The molecule has 3 heterocycles. The number of para-hydroxylation sites is 1. The van der Waals surface area contributed by atoms with Gasteiger partial charge < -0.3 is 14.2 Å². The molecule has 0 atom stereocenters. The van der Waals surface area contributed by atoms with E-state index in [1.807, 2.05) is 23.1 Å². The SMILES string of the molecule is COCCN1C(=O)N(CCc2ccccc2)C2(CCN(Cc3cn(C)c4ccccc34)CC2)C1=O. The minimum Gasteiger partial charge on any atom is -0.383 e. The summed E-state index contributed by atoms with van der Waals surface area (Å²) in [6.45, 7) is 3.60. The number of hydrogen-bond acceptors (Lipinski definition) is 4. The Morgan fingerprint density at radius 2 is 1.66 bits per heavy atom. The number of likely N-dealkylation sites (tertiary alicyclic amines) is 1. The molecule has 3 aromatic rings. The minimum atomic E-state index is -0.755. The van der Waals surface area contributed by atoms with Crippen LogP contribution >= 0.6 is 0 Å². The number of urea groups is 1. The summed E-state index contributed by atoms with van der Waals surface area (Å²) in [5.41, 5.74) is 2.95. The smallest absolute Gasteiger partial charge is 0.327 e. The van der Waals surface area contributed by atoms with Gasteiger partial charge in [-0.2, -0.15) is 0 Å². The van der Waals surface area contributed by atoms with Crippen molar-refractivity contribution in [1.82, 2.24) is 19.3 Å². The van der Waals surface area contributed by atoms with Gasteiger partial charge in [-0.15, -0.1) is 0 Å². The third kappa shape index (κ3) is 4.34. The van der Waals surface area contributed by atoms with Crippen LogP contribution < -0.4 is 0 Å². The quantitative estimate of drug-likeness (QED) is 0.468. The first-order valence-corrected chi connectivity index (χ1v) is 12.5. The predicted molar refractivity (Wildman–Crippen MR) is 136 cm³/mol. The number of carbonyl (C=O) groups is 2. The molecule has 1 spiro atoms. The highest BCUT2D eigenvalue weighted by Gasteiger charge is 2.57. The Morgan fingerprint density at radius 1 is 0.943 bits per heavy atom. The zero-order chi connectivity index (χ0) is 24.4. The Bertz CT molecular complexity index is 1200. The van der Waals surface area contributed by atoms with Gasteiger partial charge in [0.1, 0.15) is 5.54 Å². The molecule has 2 saturated heterocycles. The Hall–Kier alpha value is -3.16. The summed E-state index contributed by atoms with van der Waals surface area (Å²) in [6, 6.07) is 18.5. The van der Waals surface area contributed by atoms with Crippen LogP contribution in [0.3, 0.4) is 0 Å². The average Bonchev–Trinajstić information content (AvgIpc) is 3.29. The molecule has 3 amide bonds. The van der Waals surface area contributed by atoms with Crippen LogP contribution in [0.2, 0.25) is 0 Å². The number of ether oxygens (including phenoxy) is 1. The number of methoxy groups -OCH3 is 1. The highest BCUT2D eigenvalue weighted by atomic mass is 16.5. The number of nitrogens with zero attached hydrogens (tertiary/aromatic N) is 4. The van der Waals surface area contributed by atoms with Crippen LogP contribution in [0.15, 0.2) is 60.8 Å². The molecule has 5 rings (SSSR count). The van der Waals surface area contributed by atoms with Gasteiger partial charge in [0, 0.05) is 57.4 Å². The van der Waals surface area contributed by atoms with E-state index in [9.17, 15) is 9.59 Å². The summed E-state index contributed by atoms with van der Waals surface area (Å²) in [5, 5.41) is 1.28. The van der Waals surface area contributed by atoms with Crippen LogP contribution in [0.25, 0.3) is 10.9 Å². The lowest BCUT2D eigenvalue weighted by Gasteiger charge is -2.42. The van der Waals surface area contributed by atoms with Gasteiger partial charge in [-0.05, 0) is 36.5 Å². The van der Waals surface area contributed by atoms with Crippen LogP contribution in [0, 0.1) is 0 Å². The lowest BCUT2D eigenvalue weighted by Crippen LogP contribution is -2.56. The number of rotatable bonds is 8. The van der Waals surface area contributed by atoms with Crippen molar-refractivity contribution in [2.75, 3.05) is 39.9 Å². The minimum absolute atomic E-state index is 0.0579. The number of hydrogen-bond donors (Lipinski definition) is 0. The maximum absolute atomic E-state index is 13.6. The first kappa shape index (κ1) is 23.6. The number of aromatic nitrogens is 1. The molecule has 7 nitrogen and oxygen atoms in total. The molecule has 2 aliphatic heterocycles. The summed E-state index contributed by atoms with van der Waals surface area (Å²) in [6.07, 6.45) is 4.25. The van der Waals surface area contributed by atoms with E-state index in [2.05, 4.69) is 59.1 Å². The second-order valence-corrected chi connectivity index (χ2v) is 9.71. The molecule has 0 aliphatic carbocycles. The van der Waals surface area contributed by atoms with Gasteiger partial charge >= 0.3 is 6.03 Å². The van der Waals surface area contributed by atoms with Crippen LogP contribution in [0.4, 0.5) is 4.79 Å². The van der Waals surface area contributed by atoms with E-state index in [1.165, 1.54) is 26.9 Å². The van der Waals surface area contributed by atoms with Gasteiger partial charge in [-0.25, -0.2) is 4.79 Å². The Labute approximate surface area is 206 Å². The highest BCUT2D eigenvalue weighted by molar-refractivity contribution is 6.07. The second-order valence-electron chi connectivity index (χ2n) is 9.71. The molecule has 2 fully saturated rings. The molecule has 2 aliphatic rings. The van der Waals surface area contributed by atoms with E-state index in [1.54, 1.807) is 7.11 Å². The first-order chi connectivity index (χ1) is 17.0. The molecule has 7 heteroatoms. The third-order valence-electron chi connectivity index (χ3n) is 7.66. The van der Waals surface area contributed by atoms with Crippen LogP contribution in [-0.4, -0.2) is 76.6 Å². The first-order valence-electron chi connectivity index (χ1n) is 12.5. The topological polar surface area (TPSA) is 58.0 Å². The van der Waals surface area contributed by atoms with Crippen molar-refractivity contribution in [1.29, 1.82) is 0 Å².